The molecule has 102 valence electrons. The fourth-order valence-corrected chi connectivity index (χ4v) is 2.22. The largest absolute Gasteiger partial charge is 0.355 e. The van der Waals surface area contributed by atoms with Gasteiger partial charge in [0.25, 0.3) is 0 Å². The monoisotopic (exact) mass is 263 g/mol. The van der Waals surface area contributed by atoms with Gasteiger partial charge in [-0.1, -0.05) is 6.92 Å². The number of nitrogens with zero attached hydrogens (tertiary/aromatic N) is 1. The van der Waals surface area contributed by atoms with Crippen LogP contribution < -0.4 is 11.1 Å². The lowest BCUT2D eigenvalue weighted by atomic mass is 9.95. The van der Waals surface area contributed by atoms with Gasteiger partial charge in [0.15, 0.2) is 0 Å². The van der Waals surface area contributed by atoms with Crippen LogP contribution in [0.15, 0.2) is 0 Å². The number of nitrogens with two attached hydrogens (primary N) is 1. The van der Waals surface area contributed by atoms with Gasteiger partial charge in [-0.05, 0) is 32.7 Å². The molecule has 0 aromatic rings. The second-order valence-electron chi connectivity index (χ2n) is 4.67. The predicted octanol–water partition coefficient (Wildman–Crippen LogP) is 0.994. The lowest BCUT2D eigenvalue weighted by molar-refractivity contribution is -0.126. The zero-order valence-corrected chi connectivity index (χ0v) is 11.8. The average molecular weight is 264 g/mol. The van der Waals surface area contributed by atoms with Crippen LogP contribution in [-0.4, -0.2) is 43.0 Å². The molecule has 4 nitrogen and oxygen atoms in total. The third kappa shape index (κ3) is 5.23. The molecule has 1 saturated heterocycles. The van der Waals surface area contributed by atoms with Crippen molar-refractivity contribution in [2.24, 2.45) is 11.7 Å². The summed E-state index contributed by atoms with van der Waals surface area (Å²) in [5.41, 5.74) is 5.38. The van der Waals surface area contributed by atoms with Crippen LogP contribution in [0.2, 0.25) is 0 Å². The Labute approximate surface area is 111 Å². The number of nitrogens with one attached hydrogen (secondary N) is 1. The molecule has 3 N–H and O–H groups in total. The second kappa shape index (κ2) is 8.72. The maximum absolute atomic E-state index is 11.8. The molecule has 1 aliphatic heterocycles. The SMILES string of the molecule is CCC(C)N1CCCC(C(=O)NCCN)C1.Cl. The predicted molar refractivity (Wildman–Crippen MR) is 73.4 cm³/mol. The summed E-state index contributed by atoms with van der Waals surface area (Å²) in [5.74, 6) is 0.341. The summed E-state index contributed by atoms with van der Waals surface area (Å²) in [6, 6.07) is 0.588. The molecule has 0 aliphatic carbocycles. The topological polar surface area (TPSA) is 58.4 Å². The van der Waals surface area contributed by atoms with Gasteiger partial charge in [0.2, 0.25) is 5.91 Å². The summed E-state index contributed by atoms with van der Waals surface area (Å²) in [6.45, 7) is 7.59. The maximum atomic E-state index is 11.8. The Morgan fingerprint density at radius 1 is 1.59 bits per heavy atom. The molecule has 1 aliphatic rings. The van der Waals surface area contributed by atoms with Crippen LogP contribution in [0.3, 0.4) is 0 Å². The van der Waals surface area contributed by atoms with Gasteiger partial charge in [0.1, 0.15) is 0 Å². The van der Waals surface area contributed by atoms with E-state index < -0.39 is 0 Å². The Morgan fingerprint density at radius 2 is 2.29 bits per heavy atom. The van der Waals surface area contributed by atoms with Gasteiger partial charge in [-0.15, -0.1) is 12.4 Å². The van der Waals surface area contributed by atoms with Crippen molar-refractivity contribution >= 4 is 18.3 Å². The summed E-state index contributed by atoms with van der Waals surface area (Å²) < 4.78 is 0. The Hall–Kier alpha value is -0.320. The molecule has 17 heavy (non-hydrogen) atoms. The Kier molecular flexibility index (Phi) is 8.56. The average Bonchev–Trinajstić information content (AvgIpc) is 2.35. The summed E-state index contributed by atoms with van der Waals surface area (Å²) in [5, 5.41) is 2.89. The number of hydrogen-bond acceptors (Lipinski definition) is 3. The maximum Gasteiger partial charge on any atom is 0.224 e. The minimum Gasteiger partial charge on any atom is -0.355 e. The van der Waals surface area contributed by atoms with E-state index in [0.29, 0.717) is 19.1 Å². The van der Waals surface area contributed by atoms with Gasteiger partial charge < -0.3 is 11.1 Å². The van der Waals surface area contributed by atoms with E-state index in [-0.39, 0.29) is 24.2 Å². The summed E-state index contributed by atoms with van der Waals surface area (Å²) in [4.78, 5) is 14.2. The van der Waals surface area contributed by atoms with Gasteiger partial charge >= 0.3 is 0 Å². The summed E-state index contributed by atoms with van der Waals surface area (Å²) >= 11 is 0. The first-order chi connectivity index (χ1) is 7.69. The van der Waals surface area contributed by atoms with Crippen molar-refractivity contribution in [3.8, 4) is 0 Å². The van der Waals surface area contributed by atoms with Gasteiger partial charge in [0.05, 0.1) is 5.92 Å². The second-order valence-corrected chi connectivity index (χ2v) is 4.67. The van der Waals surface area contributed by atoms with Crippen molar-refractivity contribution in [3.63, 3.8) is 0 Å². The Morgan fingerprint density at radius 3 is 2.88 bits per heavy atom. The van der Waals surface area contributed by atoms with Crippen molar-refractivity contribution in [2.45, 2.75) is 39.2 Å². The van der Waals surface area contributed by atoms with Gasteiger partial charge in [-0.3, -0.25) is 9.69 Å². The van der Waals surface area contributed by atoms with Crippen molar-refractivity contribution in [1.29, 1.82) is 0 Å². The highest BCUT2D eigenvalue weighted by Crippen LogP contribution is 2.19. The molecule has 1 amide bonds. The molecule has 0 aromatic heterocycles. The first kappa shape index (κ1) is 16.7. The minimum absolute atomic E-state index is 0. The van der Waals surface area contributed by atoms with Gasteiger partial charge in [0, 0.05) is 25.7 Å². The molecular weight excluding hydrogens is 238 g/mol. The van der Waals surface area contributed by atoms with E-state index in [1.165, 1.54) is 0 Å². The van der Waals surface area contributed by atoms with Crippen molar-refractivity contribution < 1.29 is 4.79 Å². The number of carbonyl (C=O) groups is 1. The first-order valence-corrected chi connectivity index (χ1v) is 6.40. The van der Waals surface area contributed by atoms with E-state index in [1.807, 2.05) is 0 Å². The molecule has 0 saturated carbocycles. The molecule has 2 unspecified atom stereocenters. The zero-order chi connectivity index (χ0) is 12.0. The standard InChI is InChI=1S/C12H25N3O.ClH/c1-3-10(2)15-8-4-5-11(9-15)12(16)14-7-6-13;/h10-11H,3-9,13H2,1-2H3,(H,14,16);1H. The highest BCUT2D eigenvalue weighted by Gasteiger charge is 2.27. The van der Waals surface area contributed by atoms with Crippen LogP contribution in [0, 0.1) is 5.92 Å². The van der Waals surface area contributed by atoms with E-state index in [2.05, 4.69) is 24.1 Å². The molecule has 0 spiro atoms. The smallest absolute Gasteiger partial charge is 0.224 e. The highest BCUT2D eigenvalue weighted by atomic mass is 35.5. The van der Waals surface area contributed by atoms with Crippen molar-refractivity contribution in [3.05, 3.63) is 0 Å². The van der Waals surface area contributed by atoms with Crippen LogP contribution in [-0.2, 0) is 4.79 Å². The van der Waals surface area contributed by atoms with Crippen molar-refractivity contribution in [1.82, 2.24) is 10.2 Å². The highest BCUT2D eigenvalue weighted by molar-refractivity contribution is 5.85. The number of likely N-dealkylation sites (tertiary alicyclic amines) is 1. The number of carbonyl (C=O) groups excluding carboxylic acids is 1. The molecule has 1 heterocycles. The van der Waals surface area contributed by atoms with E-state index in [1.54, 1.807) is 0 Å². The quantitative estimate of drug-likeness (QED) is 0.778. The third-order valence-corrected chi connectivity index (χ3v) is 3.48. The zero-order valence-electron chi connectivity index (χ0n) is 10.9. The van der Waals surface area contributed by atoms with E-state index in [4.69, 9.17) is 5.73 Å². The molecule has 5 heteroatoms. The first-order valence-electron chi connectivity index (χ1n) is 6.40. The third-order valence-electron chi connectivity index (χ3n) is 3.48. The van der Waals surface area contributed by atoms with E-state index >= 15 is 0 Å². The number of rotatable bonds is 5. The number of piperidine rings is 1. The lowest BCUT2D eigenvalue weighted by Gasteiger charge is -2.35. The molecule has 0 radical (unpaired) electrons. The molecule has 1 fully saturated rings. The van der Waals surface area contributed by atoms with E-state index in [0.717, 1.165) is 32.4 Å². The van der Waals surface area contributed by atoms with Crippen LogP contribution >= 0.6 is 12.4 Å². The molecule has 0 bridgehead atoms. The van der Waals surface area contributed by atoms with Crippen LogP contribution in [0.25, 0.3) is 0 Å². The number of halogens is 1. The Bertz CT molecular complexity index is 226. The fourth-order valence-electron chi connectivity index (χ4n) is 2.22. The van der Waals surface area contributed by atoms with Crippen LogP contribution in [0.1, 0.15) is 33.1 Å². The van der Waals surface area contributed by atoms with Crippen molar-refractivity contribution in [2.75, 3.05) is 26.2 Å². The Balaban J connectivity index is 0.00000256. The van der Waals surface area contributed by atoms with E-state index in [9.17, 15) is 4.79 Å². The lowest BCUT2D eigenvalue weighted by Crippen LogP contribution is -2.46. The van der Waals surface area contributed by atoms with Crippen LogP contribution in [0.5, 0.6) is 0 Å². The minimum atomic E-state index is 0. The molecule has 1 rings (SSSR count). The molecular formula is C12H26ClN3O. The number of hydrogen-bond donors (Lipinski definition) is 2. The number of amides is 1. The fraction of sp³-hybridized carbons (Fsp3) is 0.917. The van der Waals surface area contributed by atoms with Crippen LogP contribution in [0.4, 0.5) is 0 Å². The summed E-state index contributed by atoms with van der Waals surface area (Å²) in [7, 11) is 0. The van der Waals surface area contributed by atoms with Gasteiger partial charge in [-0.2, -0.15) is 0 Å². The normalized spacial score (nSPS) is 22.6. The summed E-state index contributed by atoms with van der Waals surface area (Å²) in [6.07, 6.45) is 3.30. The molecule has 2 atom stereocenters. The molecule has 0 aromatic carbocycles. The van der Waals surface area contributed by atoms with Gasteiger partial charge in [-0.25, -0.2) is 0 Å².